The molecule has 7 heteroatoms. The Labute approximate surface area is 128 Å². The fourth-order valence-electron chi connectivity index (χ4n) is 0.500. The van der Waals surface area contributed by atoms with Gasteiger partial charge in [0.1, 0.15) is 0 Å². The molecule has 0 atom stereocenters. The van der Waals surface area contributed by atoms with Crippen LogP contribution < -0.4 is 6.15 Å². The summed E-state index contributed by atoms with van der Waals surface area (Å²) in [5, 5.41) is 21.9. The summed E-state index contributed by atoms with van der Waals surface area (Å²) in [5.74, 6) is -0.833. The SMILES string of the molecule is CC#N.CC(=O)O.CCCCCC.CO.ClCCl.N. The van der Waals surface area contributed by atoms with Crippen LogP contribution in [0.1, 0.15) is 53.4 Å². The van der Waals surface area contributed by atoms with Crippen LogP contribution in [-0.4, -0.2) is 28.6 Å². The van der Waals surface area contributed by atoms with Gasteiger partial charge in [0.15, 0.2) is 0 Å². The summed E-state index contributed by atoms with van der Waals surface area (Å²) in [6.07, 6.45) is 5.54. The molecule has 0 unspecified atom stereocenters. The highest BCUT2D eigenvalue weighted by molar-refractivity contribution is 6.40. The predicted octanol–water partition coefficient (Wildman–Crippen LogP) is 4.40. The zero-order valence-corrected chi connectivity index (χ0v) is 14.3. The number of carbonyl (C=O) groups is 1. The lowest BCUT2D eigenvalue weighted by Gasteiger charge is -1.86. The van der Waals surface area contributed by atoms with Gasteiger partial charge in [0, 0.05) is 21.0 Å². The average Bonchev–Trinajstić information content (AvgIpc) is 2.30. The largest absolute Gasteiger partial charge is 0.481 e. The average molecular weight is 321 g/mol. The van der Waals surface area contributed by atoms with Crippen LogP contribution in [0.25, 0.3) is 0 Å². The minimum Gasteiger partial charge on any atom is -0.481 e. The third-order valence-corrected chi connectivity index (χ3v) is 0.957. The van der Waals surface area contributed by atoms with Gasteiger partial charge in [0.25, 0.3) is 5.97 Å². The molecule has 0 heterocycles. The molecular formula is C12H30Cl2N2O3. The summed E-state index contributed by atoms with van der Waals surface area (Å²) in [4.78, 5) is 9.00. The minimum atomic E-state index is -0.833. The molecule has 0 aromatic rings. The Kier molecular flexibility index (Phi) is 126. The zero-order chi connectivity index (χ0) is 15.8. The quantitative estimate of drug-likeness (QED) is 0.526. The summed E-state index contributed by atoms with van der Waals surface area (Å²) in [5.41, 5.74) is 0. The summed E-state index contributed by atoms with van der Waals surface area (Å²) in [6, 6.07) is 1.75. The predicted molar refractivity (Wildman–Crippen MR) is 84.2 cm³/mol. The van der Waals surface area contributed by atoms with E-state index < -0.39 is 5.97 Å². The second kappa shape index (κ2) is 66.1. The number of carboxylic acids is 1. The smallest absolute Gasteiger partial charge is 0.300 e. The van der Waals surface area contributed by atoms with Crippen molar-refractivity contribution in [2.45, 2.75) is 53.4 Å². The van der Waals surface area contributed by atoms with Gasteiger partial charge in [-0.15, -0.1) is 23.2 Å². The van der Waals surface area contributed by atoms with Crippen LogP contribution in [-0.2, 0) is 4.79 Å². The topological polar surface area (TPSA) is 116 Å². The van der Waals surface area contributed by atoms with Crippen molar-refractivity contribution < 1.29 is 15.0 Å². The van der Waals surface area contributed by atoms with Gasteiger partial charge in [0.05, 0.1) is 11.4 Å². The number of rotatable bonds is 3. The van der Waals surface area contributed by atoms with Crippen molar-refractivity contribution in [1.82, 2.24) is 6.15 Å². The number of alkyl halides is 2. The number of nitrogens with zero attached hydrogens (tertiary/aromatic N) is 1. The standard InChI is InChI=1S/C6H14.C2H3N.C2H4O2.CH2Cl2.CH4O.H3N/c1-3-5-6-4-2;1-2-3;1-2(3)4;2-1-3;1-2;/h3-6H2,1-2H3;1H3;1H3,(H,3,4);1H2;2H,1H3;1H3. The van der Waals surface area contributed by atoms with Crippen LogP contribution in [0.4, 0.5) is 0 Å². The summed E-state index contributed by atoms with van der Waals surface area (Å²) < 4.78 is 0. The first-order valence-electron chi connectivity index (χ1n) is 5.55. The number of aliphatic carboxylic acids is 1. The zero-order valence-electron chi connectivity index (χ0n) is 12.7. The van der Waals surface area contributed by atoms with Crippen LogP contribution in [0.15, 0.2) is 0 Å². The molecular weight excluding hydrogens is 291 g/mol. The first-order valence-corrected chi connectivity index (χ1v) is 6.62. The highest BCUT2D eigenvalue weighted by Crippen LogP contribution is 1.95. The van der Waals surface area contributed by atoms with Gasteiger partial charge < -0.3 is 16.4 Å². The molecule has 19 heavy (non-hydrogen) atoms. The molecule has 0 radical (unpaired) electrons. The van der Waals surface area contributed by atoms with Gasteiger partial charge >= 0.3 is 0 Å². The van der Waals surface area contributed by atoms with E-state index in [-0.39, 0.29) is 11.5 Å². The molecule has 0 amide bonds. The molecule has 0 bridgehead atoms. The van der Waals surface area contributed by atoms with Gasteiger partial charge in [0.2, 0.25) is 0 Å². The number of aliphatic hydroxyl groups is 1. The van der Waals surface area contributed by atoms with Gasteiger partial charge in [-0.2, -0.15) is 5.26 Å². The molecule has 0 spiro atoms. The van der Waals surface area contributed by atoms with Gasteiger partial charge in [-0.3, -0.25) is 4.79 Å². The van der Waals surface area contributed by atoms with E-state index in [1.807, 2.05) is 0 Å². The molecule has 0 aromatic carbocycles. The summed E-state index contributed by atoms with van der Waals surface area (Å²) in [7, 11) is 1.00. The van der Waals surface area contributed by atoms with E-state index >= 15 is 0 Å². The molecule has 0 aliphatic rings. The maximum absolute atomic E-state index is 9.00. The van der Waals surface area contributed by atoms with Crippen molar-refractivity contribution in [2.75, 3.05) is 12.4 Å². The molecule has 5 N–H and O–H groups in total. The number of unbranched alkanes of at least 4 members (excludes halogenated alkanes) is 3. The van der Waals surface area contributed by atoms with Crippen molar-refractivity contribution >= 4 is 29.2 Å². The summed E-state index contributed by atoms with van der Waals surface area (Å²) >= 11 is 9.53. The van der Waals surface area contributed by atoms with Crippen molar-refractivity contribution in [3.05, 3.63) is 0 Å². The molecule has 120 valence electrons. The molecule has 0 saturated carbocycles. The normalized spacial score (nSPS) is 5.84. The number of carboxylic acid groups (broad SMARTS) is 1. The molecule has 0 aliphatic carbocycles. The van der Waals surface area contributed by atoms with Crippen molar-refractivity contribution in [3.63, 3.8) is 0 Å². The van der Waals surface area contributed by atoms with Crippen LogP contribution in [0, 0.1) is 11.3 Å². The molecule has 0 rings (SSSR count). The Balaban J connectivity index is -0.0000000290. The van der Waals surface area contributed by atoms with Gasteiger partial charge in [-0.1, -0.05) is 39.5 Å². The minimum absolute atomic E-state index is 0. The van der Waals surface area contributed by atoms with Gasteiger partial charge in [-0.05, 0) is 0 Å². The van der Waals surface area contributed by atoms with Gasteiger partial charge in [-0.25, -0.2) is 0 Å². The molecule has 0 saturated heterocycles. The maximum Gasteiger partial charge on any atom is 0.300 e. The number of halogens is 2. The van der Waals surface area contributed by atoms with Crippen LogP contribution in [0.3, 0.4) is 0 Å². The monoisotopic (exact) mass is 320 g/mol. The molecule has 0 fully saturated rings. The van der Waals surface area contributed by atoms with E-state index in [0.29, 0.717) is 0 Å². The van der Waals surface area contributed by atoms with Crippen molar-refractivity contribution in [1.29, 1.82) is 5.26 Å². The Morgan fingerprint density at radius 3 is 1.32 bits per heavy atom. The van der Waals surface area contributed by atoms with E-state index in [9.17, 15) is 0 Å². The van der Waals surface area contributed by atoms with E-state index in [0.717, 1.165) is 14.0 Å². The fraction of sp³-hybridized carbons (Fsp3) is 0.833. The summed E-state index contributed by atoms with van der Waals surface area (Å²) in [6.45, 7) is 6.98. The first kappa shape index (κ1) is 36.2. The van der Waals surface area contributed by atoms with Crippen molar-refractivity contribution in [3.8, 4) is 6.07 Å². The van der Waals surface area contributed by atoms with Crippen LogP contribution in [0.5, 0.6) is 0 Å². The third kappa shape index (κ3) is 690. The van der Waals surface area contributed by atoms with Crippen LogP contribution in [0.2, 0.25) is 0 Å². The van der Waals surface area contributed by atoms with E-state index in [1.165, 1.54) is 32.6 Å². The molecule has 5 nitrogen and oxygen atoms in total. The van der Waals surface area contributed by atoms with E-state index in [2.05, 4.69) is 13.8 Å². The number of nitriles is 1. The lowest BCUT2D eigenvalue weighted by atomic mass is 10.2. The Morgan fingerprint density at radius 2 is 1.26 bits per heavy atom. The van der Waals surface area contributed by atoms with Crippen molar-refractivity contribution in [2.24, 2.45) is 0 Å². The second-order valence-corrected chi connectivity index (χ2v) is 3.36. The Hall–Kier alpha value is -0.540. The first-order chi connectivity index (χ1) is 8.47. The number of hydrogen-bond acceptors (Lipinski definition) is 4. The van der Waals surface area contributed by atoms with Crippen LogP contribution >= 0.6 is 23.2 Å². The highest BCUT2D eigenvalue weighted by Gasteiger charge is 1.75. The highest BCUT2D eigenvalue weighted by atomic mass is 35.5. The number of aliphatic hydroxyl groups excluding tert-OH is 1. The number of hydrogen-bond donors (Lipinski definition) is 3. The maximum atomic E-state index is 9.00. The fourth-order valence-corrected chi connectivity index (χ4v) is 0.500. The Bertz CT molecular complexity index is 146. The second-order valence-electron chi connectivity index (χ2n) is 2.55. The van der Waals surface area contributed by atoms with E-state index in [4.69, 9.17) is 43.5 Å². The third-order valence-electron chi connectivity index (χ3n) is 0.957. The Morgan fingerprint density at radius 1 is 1.16 bits per heavy atom. The lowest BCUT2D eigenvalue weighted by Crippen LogP contribution is -1.78. The molecule has 0 aromatic heterocycles. The molecule has 0 aliphatic heterocycles. The van der Waals surface area contributed by atoms with E-state index in [1.54, 1.807) is 6.07 Å². The lowest BCUT2D eigenvalue weighted by molar-refractivity contribution is -0.134.